The summed E-state index contributed by atoms with van der Waals surface area (Å²) in [7, 11) is 2.88. The van der Waals surface area contributed by atoms with E-state index in [0.717, 1.165) is 5.56 Å². The molecule has 8 amide bonds. The third kappa shape index (κ3) is 14.1. The molecule has 1 aliphatic rings. The van der Waals surface area contributed by atoms with Crippen LogP contribution in [0.1, 0.15) is 44.6 Å². The van der Waals surface area contributed by atoms with Gasteiger partial charge in [0.15, 0.2) is 0 Å². The Morgan fingerprint density at radius 1 is 0.894 bits per heavy atom. The fourth-order valence-corrected chi connectivity index (χ4v) is 4.35. The number of carbonyl (C=O) groups excluding carboxylic acids is 8. The van der Waals surface area contributed by atoms with Gasteiger partial charge in [0.25, 0.3) is 0 Å². The van der Waals surface area contributed by atoms with Crippen LogP contribution in [0.15, 0.2) is 30.3 Å². The molecule has 2 unspecified atom stereocenters. The Morgan fingerprint density at radius 3 is 2.15 bits per heavy atom. The number of hydrogen-bond acceptors (Lipinski definition) is 9. The molecule has 1 aliphatic heterocycles. The molecule has 18 heteroatoms. The average Bonchev–Trinajstić information content (AvgIpc) is 3.27. The van der Waals surface area contributed by atoms with Gasteiger partial charge in [-0.3, -0.25) is 43.3 Å². The number of nitrogens with zero attached hydrogens (tertiary/aromatic N) is 1. The molecule has 2 rings (SSSR count). The molecular weight excluding hydrogens is 612 g/mol. The molecular formula is C29H43B2N7O9. The van der Waals surface area contributed by atoms with Crippen molar-refractivity contribution in [2.75, 3.05) is 32.9 Å². The molecule has 16 nitrogen and oxygen atoms in total. The summed E-state index contributed by atoms with van der Waals surface area (Å²) >= 11 is 0. The van der Waals surface area contributed by atoms with Crippen LogP contribution in [0.2, 0.25) is 0 Å². The monoisotopic (exact) mass is 655 g/mol. The second-order valence-electron chi connectivity index (χ2n) is 11.6. The fourth-order valence-electron chi connectivity index (χ4n) is 4.35. The predicted octanol–water partition coefficient (Wildman–Crippen LogP) is -4.49. The van der Waals surface area contributed by atoms with Crippen molar-refractivity contribution in [3.8, 4) is 0 Å². The zero-order valence-corrected chi connectivity index (χ0v) is 27.0. The molecule has 47 heavy (non-hydrogen) atoms. The van der Waals surface area contributed by atoms with Crippen molar-refractivity contribution in [2.24, 2.45) is 11.7 Å². The quantitative estimate of drug-likeness (QED) is 0.0343. The number of hydrogen-bond donors (Lipinski definition) is 6. The van der Waals surface area contributed by atoms with Crippen molar-refractivity contribution in [2.45, 2.75) is 56.9 Å². The Kier molecular flexibility index (Phi) is 15.6. The highest BCUT2D eigenvalue weighted by atomic mass is 16.5. The number of nitrogens with two attached hydrogens (primary N) is 1. The van der Waals surface area contributed by atoms with Crippen LogP contribution in [0.4, 0.5) is 0 Å². The van der Waals surface area contributed by atoms with Crippen LogP contribution >= 0.6 is 0 Å². The van der Waals surface area contributed by atoms with Gasteiger partial charge < -0.3 is 37.1 Å². The van der Waals surface area contributed by atoms with Crippen molar-refractivity contribution in [1.29, 1.82) is 0 Å². The number of primary amides is 1. The normalized spacial score (nSPS) is 15.0. The second kappa shape index (κ2) is 19.1. The maximum Gasteiger partial charge on any atom is 0.243 e. The average molecular weight is 655 g/mol. The van der Waals surface area contributed by atoms with Crippen molar-refractivity contribution in [3.63, 3.8) is 0 Å². The number of imide groups is 1. The van der Waals surface area contributed by atoms with Crippen molar-refractivity contribution in [3.05, 3.63) is 35.9 Å². The molecule has 1 aromatic carbocycles. The first-order valence-electron chi connectivity index (χ1n) is 15.4. The summed E-state index contributed by atoms with van der Waals surface area (Å²) in [6.07, 6.45) is 2.19. The number of nitrogens with one attached hydrogen (secondary N) is 5. The van der Waals surface area contributed by atoms with Crippen molar-refractivity contribution in [1.82, 2.24) is 31.5 Å². The molecule has 1 fully saturated rings. The summed E-state index contributed by atoms with van der Waals surface area (Å²) < 4.78 is 5.22. The Bertz CT molecular complexity index is 1310. The highest BCUT2D eigenvalue weighted by Gasteiger charge is 2.34. The topological polar surface area (TPSA) is 235 Å². The van der Waals surface area contributed by atoms with Crippen LogP contribution in [0, 0.1) is 5.92 Å². The number of carbonyl (C=O) groups is 8. The molecule has 254 valence electrons. The third-order valence-electron chi connectivity index (χ3n) is 7.30. The van der Waals surface area contributed by atoms with Gasteiger partial charge in [-0.25, -0.2) is 0 Å². The number of rotatable bonds is 20. The van der Waals surface area contributed by atoms with Crippen LogP contribution in [-0.2, 0) is 49.5 Å². The van der Waals surface area contributed by atoms with Crippen molar-refractivity contribution < 1.29 is 43.1 Å². The number of unbranched alkanes of at least 4 members (excludes halogenated alkanes) is 2. The van der Waals surface area contributed by atoms with Gasteiger partial charge in [0.05, 0.1) is 25.0 Å². The third-order valence-corrected chi connectivity index (χ3v) is 7.30. The van der Waals surface area contributed by atoms with E-state index in [1.54, 1.807) is 37.3 Å². The molecule has 1 saturated heterocycles. The first-order chi connectivity index (χ1) is 22.2. The van der Waals surface area contributed by atoms with Crippen LogP contribution in [0.25, 0.3) is 0 Å². The number of amides is 8. The van der Waals surface area contributed by atoms with E-state index < -0.39 is 54.1 Å². The van der Waals surface area contributed by atoms with Gasteiger partial charge in [-0.05, 0) is 18.4 Å². The highest BCUT2D eigenvalue weighted by molar-refractivity contribution is 6.49. The SMILES string of the molecule is BC(B)(OCNC(=O)CNC(=O)C(Cc1ccccc1)NC(=O)CNC(=O)CNC(=O)CCCCCN1C(=O)CC(C)C1=O)C(N)=O. The Labute approximate surface area is 274 Å². The standard InChI is InChI=1S/C29H43B2N7O9/c1-18-12-25(43)38(27(18)45)11-7-3-6-10-21(39)33-14-22(40)34-16-24(42)37-20(13-19-8-4-2-5-9-19)26(44)35-15-23(41)36-17-47-29(30,31)28(32)46/h2,4-5,8-9,18,20H,3,6-7,10-17,30-31H2,1H3,(H2,32,46)(H,33,39)(H,34,40)(H,35,44)(H,36,41)(H,37,42). The Morgan fingerprint density at radius 2 is 1.51 bits per heavy atom. The van der Waals surface area contributed by atoms with E-state index in [1.165, 1.54) is 20.6 Å². The van der Waals surface area contributed by atoms with Crippen LogP contribution in [0.3, 0.4) is 0 Å². The summed E-state index contributed by atoms with van der Waals surface area (Å²) in [4.78, 5) is 98.3. The molecule has 1 aromatic rings. The minimum absolute atomic E-state index is 0.101. The van der Waals surface area contributed by atoms with Crippen LogP contribution in [-0.4, -0.2) is 112 Å². The molecule has 0 bridgehead atoms. The second-order valence-corrected chi connectivity index (χ2v) is 11.6. The lowest BCUT2D eigenvalue weighted by molar-refractivity contribution is -0.139. The summed E-state index contributed by atoms with van der Waals surface area (Å²) in [5.74, 6) is -4.26. The highest BCUT2D eigenvalue weighted by Crippen LogP contribution is 2.19. The van der Waals surface area contributed by atoms with E-state index in [-0.39, 0.29) is 56.2 Å². The van der Waals surface area contributed by atoms with E-state index in [4.69, 9.17) is 10.5 Å². The molecule has 2 atom stereocenters. The first-order valence-corrected chi connectivity index (χ1v) is 15.4. The van der Waals surface area contributed by atoms with E-state index >= 15 is 0 Å². The van der Waals surface area contributed by atoms with Gasteiger partial charge in [-0.15, -0.1) is 0 Å². The summed E-state index contributed by atoms with van der Waals surface area (Å²) in [6.45, 7) is 0.465. The van der Waals surface area contributed by atoms with Gasteiger partial charge in [-0.1, -0.05) is 43.7 Å². The van der Waals surface area contributed by atoms with Gasteiger partial charge in [-0.2, -0.15) is 0 Å². The molecule has 0 saturated carbocycles. The lowest BCUT2D eigenvalue weighted by Crippen LogP contribution is -2.53. The Balaban J connectivity index is 1.72. The zero-order chi connectivity index (χ0) is 35.0. The van der Waals surface area contributed by atoms with Gasteiger partial charge in [0, 0.05) is 31.7 Å². The van der Waals surface area contributed by atoms with E-state index in [2.05, 4.69) is 26.6 Å². The molecule has 7 N–H and O–H groups in total. The summed E-state index contributed by atoms with van der Waals surface area (Å²) in [6, 6.07) is 7.76. The van der Waals surface area contributed by atoms with Gasteiger partial charge in [0.1, 0.15) is 28.5 Å². The van der Waals surface area contributed by atoms with Gasteiger partial charge in [0.2, 0.25) is 47.3 Å². The maximum atomic E-state index is 12.9. The lowest BCUT2D eigenvalue weighted by atomic mass is 9.64. The lowest BCUT2D eigenvalue weighted by Gasteiger charge is -2.22. The molecule has 1 heterocycles. The van der Waals surface area contributed by atoms with E-state index in [0.29, 0.717) is 25.8 Å². The minimum Gasteiger partial charge on any atom is -0.369 e. The first kappa shape index (κ1) is 38.5. The van der Waals surface area contributed by atoms with Crippen LogP contribution in [0.5, 0.6) is 0 Å². The molecule has 0 radical (unpaired) electrons. The van der Waals surface area contributed by atoms with E-state index in [9.17, 15) is 38.4 Å². The number of benzene rings is 1. The predicted molar refractivity (Wildman–Crippen MR) is 173 cm³/mol. The summed E-state index contributed by atoms with van der Waals surface area (Å²) in [5.41, 5.74) is 5.95. The fraction of sp³-hybridized carbons (Fsp3) is 0.517. The van der Waals surface area contributed by atoms with E-state index in [1.807, 2.05) is 0 Å². The van der Waals surface area contributed by atoms with Gasteiger partial charge >= 0.3 is 0 Å². The number of ether oxygens (including phenoxy) is 1. The minimum atomic E-state index is -1.30. The molecule has 0 aliphatic carbocycles. The Hall–Kier alpha value is -4.73. The number of likely N-dealkylation sites (tertiary alicyclic amines) is 1. The molecule has 0 aromatic heterocycles. The van der Waals surface area contributed by atoms with Crippen molar-refractivity contribution >= 4 is 62.9 Å². The zero-order valence-electron chi connectivity index (χ0n) is 27.0. The smallest absolute Gasteiger partial charge is 0.243 e. The molecule has 0 spiro atoms. The maximum absolute atomic E-state index is 12.9. The van der Waals surface area contributed by atoms with Crippen LogP contribution < -0.4 is 32.3 Å². The largest absolute Gasteiger partial charge is 0.369 e. The summed E-state index contributed by atoms with van der Waals surface area (Å²) in [5, 5.41) is 10.9.